The molecule has 2 rings (SSSR count). The van der Waals surface area contributed by atoms with E-state index in [0.29, 0.717) is 6.10 Å². The summed E-state index contributed by atoms with van der Waals surface area (Å²) in [5.41, 5.74) is 1.85. The van der Waals surface area contributed by atoms with Crippen LogP contribution in [0.4, 0.5) is 5.69 Å². The molecule has 4 nitrogen and oxygen atoms in total. The summed E-state index contributed by atoms with van der Waals surface area (Å²) in [7, 11) is 0. The van der Waals surface area contributed by atoms with E-state index in [9.17, 15) is 0 Å². The van der Waals surface area contributed by atoms with Gasteiger partial charge in [0.25, 0.3) is 0 Å². The van der Waals surface area contributed by atoms with Gasteiger partial charge in [-0.05, 0) is 18.6 Å². The maximum absolute atomic E-state index is 9.05. The molecule has 1 unspecified atom stereocenters. The molecule has 0 aromatic carbocycles. The minimum Gasteiger partial charge on any atom is -0.390 e. The lowest BCUT2D eigenvalue weighted by atomic mass is 10.2. The molecule has 0 aliphatic carbocycles. The van der Waals surface area contributed by atoms with Crippen LogP contribution in [0.3, 0.4) is 0 Å². The Hall–Kier alpha value is -1.13. The molecule has 88 valence electrons. The molecule has 2 heterocycles. The van der Waals surface area contributed by atoms with Gasteiger partial charge in [0.2, 0.25) is 0 Å². The first-order valence-corrected chi connectivity index (χ1v) is 5.75. The average Bonchev–Trinajstić information content (AvgIpc) is 2.39. The van der Waals surface area contributed by atoms with E-state index >= 15 is 0 Å². The number of hydrogen-bond acceptors (Lipinski definition) is 4. The van der Waals surface area contributed by atoms with Gasteiger partial charge in [-0.1, -0.05) is 6.92 Å². The highest BCUT2D eigenvalue weighted by molar-refractivity contribution is 5.46. The largest absolute Gasteiger partial charge is 0.390 e. The summed E-state index contributed by atoms with van der Waals surface area (Å²) in [6, 6.07) is 3.93. The highest BCUT2D eigenvalue weighted by atomic mass is 16.5. The highest BCUT2D eigenvalue weighted by Gasteiger charge is 2.19. The predicted molar refractivity (Wildman–Crippen MR) is 62.4 cm³/mol. The number of anilines is 1. The van der Waals surface area contributed by atoms with Gasteiger partial charge >= 0.3 is 0 Å². The number of aliphatic hydroxyl groups excluding tert-OH is 1. The third kappa shape index (κ3) is 2.51. The molecule has 1 N–H and O–H groups in total. The van der Waals surface area contributed by atoms with E-state index in [1.54, 1.807) is 6.20 Å². The summed E-state index contributed by atoms with van der Waals surface area (Å²) in [5.74, 6) is 0. The molecule has 0 radical (unpaired) electrons. The van der Waals surface area contributed by atoms with Crippen LogP contribution in [0.1, 0.15) is 19.0 Å². The minimum atomic E-state index is -0.00458. The van der Waals surface area contributed by atoms with E-state index in [0.717, 1.165) is 37.5 Å². The third-order valence-electron chi connectivity index (χ3n) is 2.92. The zero-order valence-corrected chi connectivity index (χ0v) is 9.59. The summed E-state index contributed by atoms with van der Waals surface area (Å²) in [6.07, 6.45) is 3.10. The van der Waals surface area contributed by atoms with E-state index in [4.69, 9.17) is 9.84 Å². The van der Waals surface area contributed by atoms with Gasteiger partial charge in [-0.15, -0.1) is 0 Å². The number of morpholine rings is 1. The number of hydrogen-bond donors (Lipinski definition) is 1. The Balaban J connectivity index is 2.10. The van der Waals surface area contributed by atoms with Crippen molar-refractivity contribution in [2.45, 2.75) is 26.1 Å². The number of nitrogens with zero attached hydrogens (tertiary/aromatic N) is 2. The van der Waals surface area contributed by atoms with Gasteiger partial charge in [-0.25, -0.2) is 0 Å². The molecule has 0 spiro atoms. The molecule has 0 saturated carbocycles. The van der Waals surface area contributed by atoms with Crippen LogP contribution < -0.4 is 4.90 Å². The van der Waals surface area contributed by atoms with Crippen molar-refractivity contribution in [3.05, 3.63) is 24.0 Å². The van der Waals surface area contributed by atoms with Gasteiger partial charge in [-0.2, -0.15) is 0 Å². The molecule has 4 heteroatoms. The molecule has 1 fully saturated rings. The maximum Gasteiger partial charge on any atom is 0.0853 e. The van der Waals surface area contributed by atoms with Crippen LogP contribution in [0.15, 0.2) is 18.3 Å². The first-order valence-electron chi connectivity index (χ1n) is 5.75. The van der Waals surface area contributed by atoms with Gasteiger partial charge in [0.05, 0.1) is 25.0 Å². The van der Waals surface area contributed by atoms with Crippen LogP contribution in [-0.4, -0.2) is 35.9 Å². The van der Waals surface area contributed by atoms with Crippen molar-refractivity contribution >= 4 is 5.69 Å². The standard InChI is InChI=1S/C12H18N2O2/c1-2-12-8-14(5-6-16-12)11-3-4-13-10(7-11)9-15/h3-4,7,12,15H,2,5-6,8-9H2,1H3. The number of ether oxygens (including phenoxy) is 1. The van der Waals surface area contributed by atoms with E-state index in [-0.39, 0.29) is 6.61 Å². The zero-order valence-electron chi connectivity index (χ0n) is 9.59. The third-order valence-corrected chi connectivity index (χ3v) is 2.92. The maximum atomic E-state index is 9.05. The van der Waals surface area contributed by atoms with Crippen LogP contribution in [-0.2, 0) is 11.3 Å². The first-order chi connectivity index (χ1) is 7.83. The van der Waals surface area contributed by atoms with E-state index in [1.807, 2.05) is 12.1 Å². The lowest BCUT2D eigenvalue weighted by Gasteiger charge is -2.34. The average molecular weight is 222 g/mol. The van der Waals surface area contributed by atoms with Crippen molar-refractivity contribution in [1.29, 1.82) is 0 Å². The Labute approximate surface area is 95.9 Å². The smallest absolute Gasteiger partial charge is 0.0853 e. The molecule has 1 aromatic heterocycles. The normalized spacial score (nSPS) is 21.1. The molecular formula is C12H18N2O2. The summed E-state index contributed by atoms with van der Waals surface area (Å²) >= 11 is 0. The number of aromatic nitrogens is 1. The van der Waals surface area contributed by atoms with Crippen LogP contribution in [0.2, 0.25) is 0 Å². The van der Waals surface area contributed by atoms with Crippen molar-refractivity contribution in [3.63, 3.8) is 0 Å². The second-order valence-electron chi connectivity index (χ2n) is 4.01. The lowest BCUT2D eigenvalue weighted by Crippen LogP contribution is -2.42. The van der Waals surface area contributed by atoms with Gasteiger partial charge in [-0.3, -0.25) is 4.98 Å². The minimum absolute atomic E-state index is 0.00458. The Kier molecular flexibility index (Phi) is 3.74. The molecule has 0 amide bonds. The summed E-state index contributed by atoms with van der Waals surface area (Å²) < 4.78 is 5.63. The van der Waals surface area contributed by atoms with Crippen LogP contribution in [0.5, 0.6) is 0 Å². The fourth-order valence-electron chi connectivity index (χ4n) is 1.95. The summed E-state index contributed by atoms with van der Waals surface area (Å²) in [4.78, 5) is 6.37. The van der Waals surface area contributed by atoms with Gasteiger partial charge in [0, 0.05) is 25.0 Å². The van der Waals surface area contributed by atoms with Crippen molar-refractivity contribution in [2.24, 2.45) is 0 Å². The highest BCUT2D eigenvalue weighted by Crippen LogP contribution is 2.19. The van der Waals surface area contributed by atoms with Gasteiger partial charge in [0.15, 0.2) is 0 Å². The lowest BCUT2D eigenvalue weighted by molar-refractivity contribution is 0.0384. The first kappa shape index (κ1) is 11.4. The molecule has 1 aromatic rings. The molecule has 1 atom stereocenters. The number of aliphatic hydroxyl groups is 1. The SMILES string of the molecule is CCC1CN(c2ccnc(CO)c2)CCO1. The summed E-state index contributed by atoms with van der Waals surface area (Å²) in [6.45, 7) is 4.74. The number of pyridine rings is 1. The monoisotopic (exact) mass is 222 g/mol. The van der Waals surface area contributed by atoms with E-state index < -0.39 is 0 Å². The second-order valence-corrected chi connectivity index (χ2v) is 4.01. The van der Waals surface area contributed by atoms with Crippen molar-refractivity contribution in [2.75, 3.05) is 24.6 Å². The topological polar surface area (TPSA) is 45.6 Å². The Morgan fingerprint density at radius 2 is 2.50 bits per heavy atom. The van der Waals surface area contributed by atoms with Crippen molar-refractivity contribution in [1.82, 2.24) is 4.98 Å². The Morgan fingerprint density at radius 3 is 3.25 bits per heavy atom. The predicted octanol–water partition coefficient (Wildman–Crippen LogP) is 1.19. The molecule has 16 heavy (non-hydrogen) atoms. The van der Waals surface area contributed by atoms with E-state index in [2.05, 4.69) is 16.8 Å². The van der Waals surface area contributed by atoms with Crippen LogP contribution in [0.25, 0.3) is 0 Å². The second kappa shape index (κ2) is 5.27. The Bertz CT molecular complexity index is 344. The molecule has 0 bridgehead atoms. The fraction of sp³-hybridized carbons (Fsp3) is 0.583. The van der Waals surface area contributed by atoms with Crippen LogP contribution in [0, 0.1) is 0 Å². The summed E-state index contributed by atoms with van der Waals surface area (Å²) in [5, 5.41) is 9.05. The zero-order chi connectivity index (χ0) is 11.4. The molecule has 1 aliphatic heterocycles. The number of rotatable bonds is 3. The van der Waals surface area contributed by atoms with Gasteiger partial charge < -0.3 is 14.7 Å². The molecule has 1 aliphatic rings. The fourth-order valence-corrected chi connectivity index (χ4v) is 1.95. The van der Waals surface area contributed by atoms with Gasteiger partial charge in [0.1, 0.15) is 0 Å². The van der Waals surface area contributed by atoms with Crippen LogP contribution >= 0.6 is 0 Å². The Morgan fingerprint density at radius 1 is 1.62 bits per heavy atom. The van der Waals surface area contributed by atoms with Crippen molar-refractivity contribution in [3.8, 4) is 0 Å². The molecular weight excluding hydrogens is 204 g/mol. The molecule has 1 saturated heterocycles. The van der Waals surface area contributed by atoms with E-state index in [1.165, 1.54) is 0 Å². The van der Waals surface area contributed by atoms with Crippen molar-refractivity contribution < 1.29 is 9.84 Å². The quantitative estimate of drug-likeness (QED) is 0.834.